The summed E-state index contributed by atoms with van der Waals surface area (Å²) in [6.07, 6.45) is 2.22. The molecule has 0 saturated carbocycles. The third kappa shape index (κ3) is 4.21. The first-order valence-electron chi connectivity index (χ1n) is 11.9. The van der Waals surface area contributed by atoms with Crippen LogP contribution in [0.3, 0.4) is 0 Å². The molecule has 1 amide bonds. The van der Waals surface area contributed by atoms with Crippen LogP contribution in [0.15, 0.2) is 47.4 Å². The van der Waals surface area contributed by atoms with E-state index in [1.165, 1.54) is 14.6 Å². The third-order valence-electron chi connectivity index (χ3n) is 6.85. The van der Waals surface area contributed by atoms with Gasteiger partial charge in [-0.15, -0.1) is 0 Å². The number of hydrogen-bond donors (Lipinski definition) is 0. The van der Waals surface area contributed by atoms with Gasteiger partial charge in [-0.1, -0.05) is 48.1 Å². The lowest BCUT2D eigenvalue weighted by Crippen LogP contribution is -2.54. The number of amides is 1. The van der Waals surface area contributed by atoms with Gasteiger partial charge in [0.05, 0.1) is 15.1 Å². The SMILES string of the molecule is CCc1cccc2sc(N3CCN(C(=O)C4CCCN4S(=O)(=O)c4ccc(C)cc4)CC3)nc12. The number of aromatic nitrogens is 1. The number of para-hydroxylation sites is 1. The molecule has 2 fully saturated rings. The molecule has 0 radical (unpaired) electrons. The number of thiazole rings is 1. The summed E-state index contributed by atoms with van der Waals surface area (Å²) >= 11 is 1.69. The van der Waals surface area contributed by atoms with Gasteiger partial charge < -0.3 is 9.80 Å². The van der Waals surface area contributed by atoms with E-state index in [4.69, 9.17) is 4.98 Å². The summed E-state index contributed by atoms with van der Waals surface area (Å²) in [6.45, 7) is 7.00. The molecule has 7 nitrogen and oxygen atoms in total. The summed E-state index contributed by atoms with van der Waals surface area (Å²) in [4.78, 5) is 22.6. The van der Waals surface area contributed by atoms with Crippen molar-refractivity contribution in [2.45, 2.75) is 44.0 Å². The zero-order valence-electron chi connectivity index (χ0n) is 19.6. The number of piperazine rings is 1. The molecular weight excluding hydrogens is 468 g/mol. The zero-order chi connectivity index (χ0) is 23.9. The Morgan fingerprint density at radius 2 is 1.79 bits per heavy atom. The fraction of sp³-hybridized carbons (Fsp3) is 0.440. The van der Waals surface area contributed by atoms with Gasteiger partial charge in [0, 0.05) is 32.7 Å². The van der Waals surface area contributed by atoms with Crippen LogP contribution in [0, 0.1) is 6.92 Å². The largest absolute Gasteiger partial charge is 0.345 e. The first-order valence-corrected chi connectivity index (χ1v) is 14.1. The van der Waals surface area contributed by atoms with Gasteiger partial charge in [-0.2, -0.15) is 4.31 Å². The molecule has 1 unspecified atom stereocenters. The van der Waals surface area contributed by atoms with Gasteiger partial charge in [0.15, 0.2) is 5.13 Å². The van der Waals surface area contributed by atoms with Crippen LogP contribution in [-0.2, 0) is 21.2 Å². The predicted molar refractivity (Wildman–Crippen MR) is 136 cm³/mol. The highest BCUT2D eigenvalue weighted by atomic mass is 32.2. The van der Waals surface area contributed by atoms with Crippen molar-refractivity contribution in [3.05, 3.63) is 53.6 Å². The van der Waals surface area contributed by atoms with Crippen LogP contribution >= 0.6 is 11.3 Å². The molecule has 2 saturated heterocycles. The second-order valence-corrected chi connectivity index (χ2v) is 11.9. The standard InChI is InChI=1S/C25H30N4O3S2/c1-3-19-6-4-8-22-23(19)26-25(33-22)28-16-14-27(15-17-28)24(30)21-7-5-13-29(21)34(31,32)20-11-9-18(2)10-12-20/h4,6,8-12,21H,3,5,7,13-17H2,1-2H3. The van der Waals surface area contributed by atoms with E-state index in [1.54, 1.807) is 35.6 Å². The minimum atomic E-state index is -3.70. The minimum Gasteiger partial charge on any atom is -0.345 e. The Labute approximate surface area is 205 Å². The molecule has 0 bridgehead atoms. The van der Waals surface area contributed by atoms with E-state index in [9.17, 15) is 13.2 Å². The number of benzene rings is 2. The zero-order valence-corrected chi connectivity index (χ0v) is 21.2. The van der Waals surface area contributed by atoms with Gasteiger partial charge in [0.2, 0.25) is 15.9 Å². The van der Waals surface area contributed by atoms with E-state index in [2.05, 4.69) is 30.0 Å². The van der Waals surface area contributed by atoms with Crippen molar-refractivity contribution in [1.82, 2.24) is 14.2 Å². The van der Waals surface area contributed by atoms with E-state index in [0.717, 1.165) is 22.6 Å². The normalized spacial score (nSPS) is 19.8. The van der Waals surface area contributed by atoms with E-state index in [0.29, 0.717) is 45.6 Å². The molecule has 0 N–H and O–H groups in total. The van der Waals surface area contributed by atoms with E-state index >= 15 is 0 Å². The van der Waals surface area contributed by atoms with Crippen LogP contribution in [-0.4, -0.2) is 67.3 Å². The molecular formula is C25H30N4O3S2. The number of aryl methyl sites for hydroxylation is 2. The van der Waals surface area contributed by atoms with E-state index in [1.807, 2.05) is 11.8 Å². The number of hydrogen-bond acceptors (Lipinski definition) is 6. The summed E-state index contributed by atoms with van der Waals surface area (Å²) in [7, 11) is -3.70. The second-order valence-electron chi connectivity index (χ2n) is 9.01. The van der Waals surface area contributed by atoms with Crippen LogP contribution in [0.4, 0.5) is 5.13 Å². The van der Waals surface area contributed by atoms with Gasteiger partial charge in [0.1, 0.15) is 6.04 Å². The molecule has 1 atom stereocenters. The highest BCUT2D eigenvalue weighted by Crippen LogP contribution is 2.32. The molecule has 3 aromatic rings. The molecule has 2 aliphatic heterocycles. The van der Waals surface area contributed by atoms with Gasteiger partial charge in [-0.05, 0) is 49.9 Å². The van der Waals surface area contributed by atoms with Crippen molar-refractivity contribution in [1.29, 1.82) is 0 Å². The van der Waals surface area contributed by atoms with Crippen molar-refractivity contribution in [3.63, 3.8) is 0 Å². The number of carbonyl (C=O) groups is 1. The fourth-order valence-electron chi connectivity index (χ4n) is 4.86. The van der Waals surface area contributed by atoms with Crippen LogP contribution in [0.5, 0.6) is 0 Å². The summed E-state index contributed by atoms with van der Waals surface area (Å²) in [5.41, 5.74) is 3.33. The van der Waals surface area contributed by atoms with Crippen LogP contribution in [0.2, 0.25) is 0 Å². The molecule has 180 valence electrons. The Bertz CT molecular complexity index is 1300. The molecule has 2 aliphatic rings. The van der Waals surface area contributed by atoms with Gasteiger partial charge in [0.25, 0.3) is 0 Å². The number of anilines is 1. The number of rotatable bonds is 5. The number of nitrogens with zero attached hydrogens (tertiary/aromatic N) is 4. The third-order valence-corrected chi connectivity index (χ3v) is 9.85. The molecule has 2 aromatic carbocycles. The van der Waals surface area contributed by atoms with Crippen molar-refractivity contribution >= 4 is 42.6 Å². The summed E-state index contributed by atoms with van der Waals surface area (Å²) in [5.74, 6) is -0.0783. The summed E-state index contributed by atoms with van der Waals surface area (Å²) in [6, 6.07) is 12.6. The topological polar surface area (TPSA) is 73.8 Å². The maximum absolute atomic E-state index is 13.4. The summed E-state index contributed by atoms with van der Waals surface area (Å²) in [5, 5.41) is 0.993. The van der Waals surface area contributed by atoms with Crippen molar-refractivity contribution in [3.8, 4) is 0 Å². The van der Waals surface area contributed by atoms with E-state index in [-0.39, 0.29) is 10.8 Å². The Morgan fingerprint density at radius 3 is 2.50 bits per heavy atom. The van der Waals surface area contributed by atoms with E-state index < -0.39 is 16.1 Å². The van der Waals surface area contributed by atoms with Crippen molar-refractivity contribution in [2.24, 2.45) is 0 Å². The minimum absolute atomic E-state index is 0.0783. The van der Waals surface area contributed by atoms with Gasteiger partial charge >= 0.3 is 0 Å². The Hall–Kier alpha value is -2.49. The lowest BCUT2D eigenvalue weighted by molar-refractivity contribution is -0.134. The molecule has 1 aromatic heterocycles. The Balaban J connectivity index is 1.28. The first kappa shape index (κ1) is 23.3. The first-order chi connectivity index (χ1) is 16.4. The molecule has 34 heavy (non-hydrogen) atoms. The lowest BCUT2D eigenvalue weighted by atomic mass is 10.1. The fourth-order valence-corrected chi connectivity index (χ4v) is 7.58. The average molecular weight is 499 g/mol. The number of carbonyl (C=O) groups excluding carboxylic acids is 1. The number of sulfonamides is 1. The van der Waals surface area contributed by atoms with Crippen LogP contribution < -0.4 is 4.90 Å². The predicted octanol–water partition coefficient (Wildman–Crippen LogP) is 3.67. The van der Waals surface area contributed by atoms with Crippen LogP contribution in [0.25, 0.3) is 10.2 Å². The second kappa shape index (κ2) is 9.28. The molecule has 0 aliphatic carbocycles. The van der Waals surface area contributed by atoms with Crippen molar-refractivity contribution < 1.29 is 13.2 Å². The molecule has 3 heterocycles. The molecule has 5 rings (SSSR count). The highest BCUT2D eigenvalue weighted by Gasteiger charge is 2.41. The van der Waals surface area contributed by atoms with Gasteiger partial charge in [-0.25, -0.2) is 13.4 Å². The summed E-state index contributed by atoms with van der Waals surface area (Å²) < 4.78 is 29.1. The average Bonchev–Trinajstić information content (AvgIpc) is 3.52. The van der Waals surface area contributed by atoms with Crippen molar-refractivity contribution in [2.75, 3.05) is 37.6 Å². The Morgan fingerprint density at radius 1 is 1.06 bits per heavy atom. The van der Waals surface area contributed by atoms with Crippen LogP contribution in [0.1, 0.15) is 30.9 Å². The monoisotopic (exact) mass is 498 g/mol. The molecule has 9 heteroatoms. The maximum atomic E-state index is 13.4. The number of fused-ring (bicyclic) bond motifs is 1. The Kier molecular flexibility index (Phi) is 6.35. The quantitative estimate of drug-likeness (QED) is 0.537. The van der Waals surface area contributed by atoms with Gasteiger partial charge in [-0.3, -0.25) is 4.79 Å². The smallest absolute Gasteiger partial charge is 0.243 e. The highest BCUT2D eigenvalue weighted by molar-refractivity contribution is 7.89. The maximum Gasteiger partial charge on any atom is 0.243 e. The lowest BCUT2D eigenvalue weighted by Gasteiger charge is -2.37. The molecule has 0 spiro atoms.